The predicted octanol–water partition coefficient (Wildman–Crippen LogP) is 4.97. The van der Waals surface area contributed by atoms with Gasteiger partial charge in [-0.15, -0.1) is 0 Å². The number of nitrogens with one attached hydrogen (secondary N) is 1. The van der Waals surface area contributed by atoms with Crippen molar-refractivity contribution in [2.45, 2.75) is 0 Å². The highest BCUT2D eigenvalue weighted by atomic mass is 35.5. The number of nitrogens with two attached hydrogens (primary N) is 1. The minimum atomic E-state index is 0.529. The van der Waals surface area contributed by atoms with Gasteiger partial charge in [-0.2, -0.15) is 0 Å². The average molecular weight is 288 g/mol. The molecule has 0 aromatic heterocycles. The van der Waals surface area contributed by atoms with Gasteiger partial charge in [-0.25, -0.2) is 0 Å². The van der Waals surface area contributed by atoms with Crippen LogP contribution in [0.5, 0.6) is 0 Å². The van der Waals surface area contributed by atoms with Crippen LogP contribution in [-0.4, -0.2) is 0 Å². The Morgan fingerprint density at radius 1 is 0.824 bits per heavy atom. The molecule has 0 aliphatic heterocycles. The van der Waals surface area contributed by atoms with Crippen LogP contribution in [0.1, 0.15) is 0 Å². The SMILES string of the molecule is Nc1ccc(Nc2cc(Cl)ccc2Cl)c(Cl)c1. The summed E-state index contributed by atoms with van der Waals surface area (Å²) in [6, 6.07) is 10.4. The lowest BCUT2D eigenvalue weighted by Crippen LogP contribution is -1.93. The summed E-state index contributed by atoms with van der Waals surface area (Å²) in [5.74, 6) is 0. The van der Waals surface area contributed by atoms with Crippen LogP contribution < -0.4 is 11.1 Å². The number of halogens is 3. The van der Waals surface area contributed by atoms with Gasteiger partial charge in [0.1, 0.15) is 0 Å². The van der Waals surface area contributed by atoms with Crippen LogP contribution in [0, 0.1) is 0 Å². The lowest BCUT2D eigenvalue weighted by Gasteiger charge is -2.10. The molecule has 88 valence electrons. The molecule has 17 heavy (non-hydrogen) atoms. The molecule has 2 aromatic rings. The maximum Gasteiger partial charge on any atom is 0.0661 e. The summed E-state index contributed by atoms with van der Waals surface area (Å²) < 4.78 is 0. The maximum absolute atomic E-state index is 6.05. The molecule has 0 atom stereocenters. The fourth-order valence-corrected chi connectivity index (χ4v) is 1.94. The van der Waals surface area contributed by atoms with E-state index in [1.165, 1.54) is 0 Å². The summed E-state index contributed by atoms with van der Waals surface area (Å²) >= 11 is 18.0. The Bertz CT molecular complexity index is 555. The molecule has 0 radical (unpaired) electrons. The summed E-state index contributed by atoms with van der Waals surface area (Å²) in [5.41, 5.74) is 7.65. The molecule has 0 heterocycles. The Labute approximate surface area is 114 Å². The molecular weight excluding hydrogens is 279 g/mol. The van der Waals surface area contributed by atoms with Gasteiger partial charge in [-0.05, 0) is 36.4 Å². The number of rotatable bonds is 2. The first-order valence-corrected chi connectivity index (χ1v) is 5.97. The van der Waals surface area contributed by atoms with Crippen LogP contribution >= 0.6 is 34.8 Å². The van der Waals surface area contributed by atoms with Crippen molar-refractivity contribution in [1.29, 1.82) is 0 Å². The van der Waals surface area contributed by atoms with E-state index >= 15 is 0 Å². The molecule has 5 heteroatoms. The Morgan fingerprint density at radius 3 is 2.29 bits per heavy atom. The minimum Gasteiger partial charge on any atom is -0.399 e. The Hall–Kier alpha value is -1.09. The molecule has 0 unspecified atom stereocenters. The van der Waals surface area contributed by atoms with Crippen LogP contribution in [0.25, 0.3) is 0 Å². The molecule has 2 aromatic carbocycles. The first-order valence-electron chi connectivity index (χ1n) is 4.83. The van der Waals surface area contributed by atoms with Gasteiger partial charge in [-0.1, -0.05) is 34.8 Å². The van der Waals surface area contributed by atoms with Gasteiger partial charge >= 0.3 is 0 Å². The number of anilines is 3. The van der Waals surface area contributed by atoms with Gasteiger partial charge in [0.25, 0.3) is 0 Å². The lowest BCUT2D eigenvalue weighted by molar-refractivity contribution is 1.55. The topological polar surface area (TPSA) is 38.0 Å². The van der Waals surface area contributed by atoms with Gasteiger partial charge in [0.05, 0.1) is 21.4 Å². The number of benzene rings is 2. The van der Waals surface area contributed by atoms with Crippen molar-refractivity contribution < 1.29 is 0 Å². The Kier molecular flexibility index (Phi) is 3.67. The summed E-state index contributed by atoms with van der Waals surface area (Å²) in [5, 5.41) is 4.81. The normalized spacial score (nSPS) is 10.3. The van der Waals surface area contributed by atoms with E-state index < -0.39 is 0 Å². The minimum absolute atomic E-state index is 0.529. The second-order valence-electron chi connectivity index (χ2n) is 3.49. The molecule has 0 aliphatic carbocycles. The number of nitrogen functional groups attached to an aromatic ring is 1. The summed E-state index contributed by atoms with van der Waals surface area (Å²) in [6.45, 7) is 0. The van der Waals surface area contributed by atoms with Gasteiger partial charge < -0.3 is 11.1 Å². The first kappa shape index (κ1) is 12.4. The number of hydrogen-bond acceptors (Lipinski definition) is 2. The van der Waals surface area contributed by atoms with Crippen molar-refractivity contribution in [2.24, 2.45) is 0 Å². The molecule has 2 nitrogen and oxygen atoms in total. The highest BCUT2D eigenvalue weighted by molar-refractivity contribution is 6.36. The second-order valence-corrected chi connectivity index (χ2v) is 4.74. The molecule has 0 amide bonds. The van der Waals surface area contributed by atoms with E-state index in [0.717, 1.165) is 5.69 Å². The summed E-state index contributed by atoms with van der Waals surface area (Å²) in [7, 11) is 0. The number of hydrogen-bond donors (Lipinski definition) is 2. The predicted molar refractivity (Wildman–Crippen MR) is 75.6 cm³/mol. The molecule has 0 saturated heterocycles. The van der Waals surface area contributed by atoms with Crippen molar-refractivity contribution in [3.63, 3.8) is 0 Å². The van der Waals surface area contributed by atoms with E-state index in [-0.39, 0.29) is 0 Å². The molecule has 0 spiro atoms. The fourth-order valence-electron chi connectivity index (χ4n) is 1.37. The third-order valence-electron chi connectivity index (χ3n) is 2.19. The summed E-state index contributed by atoms with van der Waals surface area (Å²) in [4.78, 5) is 0. The molecule has 2 rings (SSSR count). The van der Waals surface area contributed by atoms with Crippen LogP contribution in [0.15, 0.2) is 36.4 Å². The van der Waals surface area contributed by atoms with Crippen LogP contribution in [-0.2, 0) is 0 Å². The van der Waals surface area contributed by atoms with Crippen LogP contribution in [0.2, 0.25) is 15.1 Å². The highest BCUT2D eigenvalue weighted by Crippen LogP contribution is 2.32. The average Bonchev–Trinajstić information content (AvgIpc) is 2.27. The van der Waals surface area contributed by atoms with Crippen molar-refractivity contribution in [3.05, 3.63) is 51.5 Å². The third-order valence-corrected chi connectivity index (χ3v) is 3.07. The van der Waals surface area contributed by atoms with Crippen molar-refractivity contribution in [3.8, 4) is 0 Å². The van der Waals surface area contributed by atoms with Crippen molar-refractivity contribution >= 4 is 51.9 Å². The zero-order valence-corrected chi connectivity index (χ0v) is 10.9. The zero-order valence-electron chi connectivity index (χ0n) is 8.68. The Balaban J connectivity index is 2.34. The van der Waals surface area contributed by atoms with E-state index in [2.05, 4.69) is 5.32 Å². The molecule has 0 saturated carbocycles. The second kappa shape index (κ2) is 5.05. The maximum atomic E-state index is 6.05. The quantitative estimate of drug-likeness (QED) is 0.765. The van der Waals surface area contributed by atoms with E-state index in [0.29, 0.717) is 26.4 Å². The van der Waals surface area contributed by atoms with Gasteiger partial charge in [0, 0.05) is 10.7 Å². The van der Waals surface area contributed by atoms with Gasteiger partial charge in [-0.3, -0.25) is 0 Å². The van der Waals surface area contributed by atoms with E-state index in [1.807, 2.05) is 0 Å². The largest absolute Gasteiger partial charge is 0.399 e. The van der Waals surface area contributed by atoms with E-state index in [9.17, 15) is 0 Å². The lowest BCUT2D eigenvalue weighted by atomic mass is 10.2. The molecule has 3 N–H and O–H groups in total. The molecular formula is C12H9Cl3N2. The first-order chi connectivity index (χ1) is 8.06. The third kappa shape index (κ3) is 2.97. The smallest absolute Gasteiger partial charge is 0.0661 e. The molecule has 0 bridgehead atoms. The Morgan fingerprint density at radius 2 is 1.59 bits per heavy atom. The monoisotopic (exact) mass is 286 g/mol. The van der Waals surface area contributed by atoms with Crippen LogP contribution in [0.4, 0.5) is 17.1 Å². The standard InChI is InChI=1S/C12H9Cl3N2/c13-7-1-3-9(14)12(5-7)17-11-4-2-8(16)6-10(11)15/h1-6,17H,16H2. The van der Waals surface area contributed by atoms with E-state index in [4.69, 9.17) is 40.5 Å². The van der Waals surface area contributed by atoms with Gasteiger partial charge in [0.15, 0.2) is 0 Å². The van der Waals surface area contributed by atoms with Crippen molar-refractivity contribution in [2.75, 3.05) is 11.1 Å². The molecule has 0 fully saturated rings. The zero-order chi connectivity index (χ0) is 12.4. The van der Waals surface area contributed by atoms with E-state index in [1.54, 1.807) is 36.4 Å². The molecule has 0 aliphatic rings. The summed E-state index contributed by atoms with van der Waals surface area (Å²) in [6.07, 6.45) is 0. The van der Waals surface area contributed by atoms with Crippen LogP contribution in [0.3, 0.4) is 0 Å². The highest BCUT2D eigenvalue weighted by Gasteiger charge is 2.05. The van der Waals surface area contributed by atoms with Crippen molar-refractivity contribution in [1.82, 2.24) is 0 Å². The fraction of sp³-hybridized carbons (Fsp3) is 0. The van der Waals surface area contributed by atoms with Gasteiger partial charge in [0.2, 0.25) is 0 Å².